The number of carbonyl (C=O) groups is 2. The molecule has 5 nitrogen and oxygen atoms in total. The van der Waals surface area contributed by atoms with Crippen LogP contribution in [-0.4, -0.2) is 34.3 Å². The Labute approximate surface area is 202 Å². The van der Waals surface area contributed by atoms with E-state index >= 15 is 0 Å². The number of nitrogens with zero attached hydrogens (tertiary/aromatic N) is 2. The van der Waals surface area contributed by atoms with Gasteiger partial charge in [0.1, 0.15) is 12.4 Å². The van der Waals surface area contributed by atoms with E-state index in [4.69, 9.17) is 11.6 Å². The van der Waals surface area contributed by atoms with Crippen LogP contribution in [0.15, 0.2) is 66.0 Å². The molecule has 2 aromatic carbocycles. The molecule has 8 heteroatoms. The van der Waals surface area contributed by atoms with E-state index in [9.17, 15) is 14.0 Å². The molecule has 1 atom stereocenters. The van der Waals surface area contributed by atoms with Crippen LogP contribution in [0.25, 0.3) is 0 Å². The molecular formula is C25H27ClFN3O2S. The lowest BCUT2D eigenvalue weighted by atomic mass is 10.2. The van der Waals surface area contributed by atoms with Crippen molar-refractivity contribution >= 4 is 40.6 Å². The van der Waals surface area contributed by atoms with E-state index in [1.165, 1.54) is 23.1 Å². The normalized spacial score (nSPS) is 11.6. The number of halogens is 2. The van der Waals surface area contributed by atoms with Crippen LogP contribution in [0.5, 0.6) is 0 Å². The molecule has 0 spiro atoms. The highest BCUT2D eigenvalue weighted by Gasteiger charge is 2.25. The van der Waals surface area contributed by atoms with Crippen molar-refractivity contribution in [3.8, 4) is 0 Å². The Morgan fingerprint density at radius 1 is 1.09 bits per heavy atom. The van der Waals surface area contributed by atoms with Crippen molar-refractivity contribution in [2.45, 2.75) is 39.4 Å². The molecule has 33 heavy (non-hydrogen) atoms. The number of amides is 3. The second-order valence-electron chi connectivity index (χ2n) is 7.76. The second-order valence-corrected chi connectivity index (χ2v) is 9.20. The van der Waals surface area contributed by atoms with Crippen molar-refractivity contribution in [2.75, 3.05) is 11.9 Å². The Balaban J connectivity index is 1.77. The molecule has 0 aliphatic heterocycles. The molecule has 0 radical (unpaired) electrons. The summed E-state index contributed by atoms with van der Waals surface area (Å²) in [5, 5.41) is 4.63. The van der Waals surface area contributed by atoms with Crippen LogP contribution in [0.3, 0.4) is 0 Å². The number of hydrogen-bond acceptors (Lipinski definition) is 3. The molecule has 1 N–H and O–H groups in total. The Kier molecular flexibility index (Phi) is 8.86. The van der Waals surface area contributed by atoms with Gasteiger partial charge in [-0.05, 0) is 48.6 Å². The molecule has 0 bridgehead atoms. The number of hydrogen-bond donors (Lipinski definition) is 1. The Hall–Kier alpha value is -2.90. The molecule has 3 rings (SSSR count). The Morgan fingerprint density at radius 2 is 1.85 bits per heavy atom. The second kappa shape index (κ2) is 11.8. The summed E-state index contributed by atoms with van der Waals surface area (Å²) in [5.74, 6) is -0.714. The topological polar surface area (TPSA) is 52.7 Å². The molecule has 0 aliphatic rings. The van der Waals surface area contributed by atoms with E-state index in [0.717, 1.165) is 10.4 Å². The van der Waals surface area contributed by atoms with Gasteiger partial charge >= 0.3 is 6.03 Å². The smallest absolute Gasteiger partial charge is 0.322 e. The maximum absolute atomic E-state index is 13.5. The lowest BCUT2D eigenvalue weighted by Gasteiger charge is -2.31. The molecule has 174 valence electrons. The van der Waals surface area contributed by atoms with Gasteiger partial charge in [0.15, 0.2) is 0 Å². The fraction of sp³-hybridized carbons (Fsp3) is 0.280. The van der Waals surface area contributed by atoms with Gasteiger partial charge in [-0.15, -0.1) is 11.3 Å². The maximum Gasteiger partial charge on any atom is 0.322 e. The third-order valence-electron chi connectivity index (χ3n) is 5.36. The van der Waals surface area contributed by atoms with E-state index in [1.807, 2.05) is 61.7 Å². The number of thiophene rings is 1. The summed E-state index contributed by atoms with van der Waals surface area (Å²) in [5.41, 5.74) is 1.38. The minimum Gasteiger partial charge on any atom is -0.332 e. The van der Waals surface area contributed by atoms with Crippen LogP contribution < -0.4 is 5.32 Å². The van der Waals surface area contributed by atoms with Gasteiger partial charge in [0, 0.05) is 23.2 Å². The van der Waals surface area contributed by atoms with Crippen molar-refractivity contribution in [3.63, 3.8) is 0 Å². The van der Waals surface area contributed by atoms with Crippen molar-refractivity contribution in [3.05, 3.63) is 87.3 Å². The van der Waals surface area contributed by atoms with E-state index in [-0.39, 0.29) is 23.5 Å². The van der Waals surface area contributed by atoms with Gasteiger partial charge in [0.05, 0.1) is 11.6 Å². The summed E-state index contributed by atoms with van der Waals surface area (Å²) >= 11 is 7.43. The molecule has 0 saturated carbocycles. The van der Waals surface area contributed by atoms with E-state index in [0.29, 0.717) is 25.2 Å². The van der Waals surface area contributed by atoms with Crippen molar-refractivity contribution in [2.24, 2.45) is 0 Å². The highest BCUT2D eigenvalue weighted by Crippen LogP contribution is 2.21. The van der Waals surface area contributed by atoms with Crippen LogP contribution in [0.4, 0.5) is 14.9 Å². The minimum absolute atomic E-state index is 0.0754. The summed E-state index contributed by atoms with van der Waals surface area (Å²) in [4.78, 5) is 30.8. The van der Waals surface area contributed by atoms with E-state index in [1.54, 1.807) is 16.2 Å². The van der Waals surface area contributed by atoms with E-state index in [2.05, 4.69) is 5.32 Å². The molecule has 0 fully saturated rings. The zero-order valence-corrected chi connectivity index (χ0v) is 20.2. The molecule has 1 heterocycles. The largest absolute Gasteiger partial charge is 0.332 e. The number of urea groups is 1. The van der Waals surface area contributed by atoms with Crippen molar-refractivity contribution < 1.29 is 14.0 Å². The fourth-order valence-corrected chi connectivity index (χ4v) is 4.19. The summed E-state index contributed by atoms with van der Waals surface area (Å²) in [7, 11) is 0. The summed E-state index contributed by atoms with van der Waals surface area (Å²) in [6.45, 7) is 4.69. The average molecular weight is 488 g/mol. The van der Waals surface area contributed by atoms with Crippen LogP contribution in [0.1, 0.15) is 30.7 Å². The monoisotopic (exact) mass is 487 g/mol. The molecule has 0 aliphatic carbocycles. The first-order valence-corrected chi connectivity index (χ1v) is 12.0. The quantitative estimate of drug-likeness (QED) is 0.379. The summed E-state index contributed by atoms with van der Waals surface area (Å²) in [6.07, 6.45) is 0.675. The predicted molar refractivity (Wildman–Crippen MR) is 132 cm³/mol. The highest BCUT2D eigenvalue weighted by molar-refractivity contribution is 7.09. The summed E-state index contributed by atoms with van der Waals surface area (Å²) < 4.78 is 13.5. The number of benzene rings is 2. The fourth-order valence-electron chi connectivity index (χ4n) is 3.29. The predicted octanol–water partition coefficient (Wildman–Crippen LogP) is 6.40. The third kappa shape index (κ3) is 7.04. The van der Waals surface area contributed by atoms with Gasteiger partial charge in [-0.1, -0.05) is 54.9 Å². The van der Waals surface area contributed by atoms with Gasteiger partial charge in [-0.25, -0.2) is 9.18 Å². The van der Waals surface area contributed by atoms with Crippen molar-refractivity contribution in [1.82, 2.24) is 9.80 Å². The molecule has 1 aromatic heterocycles. The molecule has 0 saturated heterocycles. The number of anilines is 1. The van der Waals surface area contributed by atoms with Crippen LogP contribution >= 0.6 is 22.9 Å². The van der Waals surface area contributed by atoms with Gasteiger partial charge in [-0.2, -0.15) is 0 Å². The number of nitrogens with one attached hydrogen (secondary N) is 1. The zero-order chi connectivity index (χ0) is 23.8. The molecule has 3 amide bonds. The SMILES string of the molecule is CCC(C)N(CC(=O)N(Cc1ccccc1)Cc1cccs1)C(=O)Nc1ccc(F)c(Cl)c1. The standard InChI is InChI=1S/C25H27ClFN3O2S/c1-3-18(2)30(25(32)28-20-11-12-23(27)22(26)14-20)17-24(31)29(16-21-10-7-13-33-21)15-19-8-5-4-6-9-19/h4-14,18H,3,15-17H2,1-2H3,(H,28,32). The summed E-state index contributed by atoms with van der Waals surface area (Å²) in [6, 6.07) is 17.1. The van der Waals surface area contributed by atoms with Gasteiger partial charge < -0.3 is 15.1 Å². The van der Waals surface area contributed by atoms with Gasteiger partial charge in [-0.3, -0.25) is 4.79 Å². The lowest BCUT2D eigenvalue weighted by molar-refractivity contribution is -0.133. The van der Waals surface area contributed by atoms with Crippen molar-refractivity contribution in [1.29, 1.82) is 0 Å². The Morgan fingerprint density at radius 3 is 2.48 bits per heavy atom. The molecule has 3 aromatic rings. The Bertz CT molecular complexity index is 1060. The van der Waals surface area contributed by atoms with Crippen LogP contribution in [-0.2, 0) is 17.9 Å². The van der Waals surface area contributed by atoms with Crippen LogP contribution in [0.2, 0.25) is 5.02 Å². The van der Waals surface area contributed by atoms with Crippen LogP contribution in [0, 0.1) is 5.82 Å². The number of carbonyl (C=O) groups excluding carboxylic acids is 2. The third-order valence-corrected chi connectivity index (χ3v) is 6.51. The number of rotatable bonds is 9. The molecular weight excluding hydrogens is 461 g/mol. The minimum atomic E-state index is -0.561. The first-order valence-electron chi connectivity index (χ1n) is 10.7. The first-order chi connectivity index (χ1) is 15.9. The molecule has 1 unspecified atom stereocenters. The van der Waals surface area contributed by atoms with E-state index < -0.39 is 11.8 Å². The first kappa shape index (κ1) is 24.7. The highest BCUT2D eigenvalue weighted by atomic mass is 35.5. The van der Waals surface area contributed by atoms with Gasteiger partial charge in [0.2, 0.25) is 5.91 Å². The van der Waals surface area contributed by atoms with Gasteiger partial charge in [0.25, 0.3) is 0 Å². The lowest BCUT2D eigenvalue weighted by Crippen LogP contribution is -2.47. The zero-order valence-electron chi connectivity index (χ0n) is 18.6. The average Bonchev–Trinajstić information content (AvgIpc) is 3.32. The maximum atomic E-state index is 13.5.